The maximum absolute atomic E-state index is 6.17. The van der Waals surface area contributed by atoms with E-state index < -0.39 is 0 Å². The second kappa shape index (κ2) is 4.03. The summed E-state index contributed by atoms with van der Waals surface area (Å²) in [5.41, 5.74) is 0.904. The fourth-order valence-electron chi connectivity index (χ4n) is 1.94. The summed E-state index contributed by atoms with van der Waals surface area (Å²) in [5, 5.41) is 1.15. The highest BCUT2D eigenvalue weighted by molar-refractivity contribution is 6.69. The molecule has 0 aromatic rings. The summed E-state index contributed by atoms with van der Waals surface area (Å²) in [5.74, 6) is 1.20. The van der Waals surface area contributed by atoms with Gasteiger partial charge in [-0.15, -0.1) is 0 Å². The molecule has 4 heteroatoms. The average Bonchev–Trinajstić information content (AvgIpc) is 2.17. The van der Waals surface area contributed by atoms with Crippen LogP contribution in [0.1, 0.15) is 6.92 Å². The predicted molar refractivity (Wildman–Crippen MR) is 63.1 cm³/mol. The van der Waals surface area contributed by atoms with Gasteiger partial charge in [0.25, 0.3) is 0 Å². The number of halogens is 2. The second-order valence-electron chi connectivity index (χ2n) is 3.59. The van der Waals surface area contributed by atoms with E-state index in [1.54, 1.807) is 13.2 Å². The molecule has 1 aliphatic carbocycles. The second-order valence-corrected chi connectivity index (χ2v) is 4.42. The van der Waals surface area contributed by atoms with Gasteiger partial charge in [0.1, 0.15) is 5.17 Å². The molecule has 0 saturated heterocycles. The number of allylic oxidation sites excluding steroid dienone is 5. The van der Waals surface area contributed by atoms with Crippen molar-refractivity contribution < 1.29 is 4.74 Å². The standard InChI is InChI=1S/C11H11Cl2NO/c1-6-9(15-2)4-3-8-11(6)7(12)5-10(13)14-8/h3-6,11H,1-2H3. The Morgan fingerprint density at radius 1 is 1.33 bits per heavy atom. The van der Waals surface area contributed by atoms with Crippen molar-refractivity contribution in [2.24, 2.45) is 16.8 Å². The van der Waals surface area contributed by atoms with Crippen LogP contribution in [0.15, 0.2) is 39.7 Å². The van der Waals surface area contributed by atoms with Crippen LogP contribution in [0.25, 0.3) is 0 Å². The first kappa shape index (κ1) is 10.8. The van der Waals surface area contributed by atoms with Crippen molar-refractivity contribution >= 4 is 28.4 Å². The first-order valence-corrected chi connectivity index (χ1v) is 5.46. The predicted octanol–water partition coefficient (Wildman–Crippen LogP) is 3.44. The number of hydrogen-bond donors (Lipinski definition) is 0. The summed E-state index contributed by atoms with van der Waals surface area (Å²) in [6.07, 6.45) is 5.52. The van der Waals surface area contributed by atoms with Crippen LogP contribution in [0.2, 0.25) is 0 Å². The molecule has 0 N–H and O–H groups in total. The minimum absolute atomic E-state index is 0.0779. The van der Waals surface area contributed by atoms with Crippen LogP contribution in [0, 0.1) is 11.8 Å². The van der Waals surface area contributed by atoms with Crippen molar-refractivity contribution in [3.05, 3.63) is 34.7 Å². The number of aliphatic imine (C=N–C) groups is 1. The van der Waals surface area contributed by atoms with Crippen LogP contribution in [-0.4, -0.2) is 12.3 Å². The Balaban J connectivity index is 2.43. The summed E-state index contributed by atoms with van der Waals surface area (Å²) in [6.45, 7) is 2.07. The smallest absolute Gasteiger partial charge is 0.130 e. The third-order valence-electron chi connectivity index (χ3n) is 2.71. The minimum atomic E-state index is 0.0779. The number of hydrogen-bond acceptors (Lipinski definition) is 2. The number of ether oxygens (including phenoxy) is 1. The molecule has 0 amide bonds. The fourth-order valence-corrected chi connectivity index (χ4v) is 2.62. The van der Waals surface area contributed by atoms with E-state index in [1.807, 2.05) is 12.2 Å². The van der Waals surface area contributed by atoms with Crippen molar-refractivity contribution in [1.82, 2.24) is 0 Å². The molecule has 80 valence electrons. The van der Waals surface area contributed by atoms with Crippen LogP contribution in [-0.2, 0) is 4.74 Å². The molecular weight excluding hydrogens is 233 g/mol. The maximum Gasteiger partial charge on any atom is 0.130 e. The summed E-state index contributed by atoms with van der Waals surface area (Å²) in [4.78, 5) is 4.26. The Kier molecular flexibility index (Phi) is 2.89. The lowest BCUT2D eigenvalue weighted by molar-refractivity contribution is 0.229. The third kappa shape index (κ3) is 1.84. The first-order valence-electron chi connectivity index (χ1n) is 4.70. The lowest BCUT2D eigenvalue weighted by atomic mass is 9.84. The minimum Gasteiger partial charge on any atom is -0.501 e. The molecule has 2 rings (SSSR count). The maximum atomic E-state index is 6.17. The molecule has 2 atom stereocenters. The number of dihydropyridines is 1. The molecule has 1 aliphatic heterocycles. The molecule has 0 bridgehead atoms. The van der Waals surface area contributed by atoms with E-state index in [0.29, 0.717) is 5.17 Å². The van der Waals surface area contributed by atoms with Gasteiger partial charge in [0.15, 0.2) is 0 Å². The summed E-state index contributed by atoms with van der Waals surface area (Å²) < 4.78 is 5.28. The Hall–Kier alpha value is -0.730. The fraction of sp³-hybridized carbons (Fsp3) is 0.364. The number of fused-ring (bicyclic) bond motifs is 1. The largest absolute Gasteiger partial charge is 0.501 e. The van der Waals surface area contributed by atoms with Gasteiger partial charge in [-0.3, -0.25) is 0 Å². The van der Waals surface area contributed by atoms with E-state index in [1.165, 1.54) is 0 Å². The van der Waals surface area contributed by atoms with Gasteiger partial charge in [0, 0.05) is 16.9 Å². The van der Waals surface area contributed by atoms with E-state index in [0.717, 1.165) is 16.5 Å². The summed E-state index contributed by atoms with van der Waals surface area (Å²) in [6, 6.07) is 0. The zero-order valence-electron chi connectivity index (χ0n) is 8.50. The molecule has 15 heavy (non-hydrogen) atoms. The van der Waals surface area contributed by atoms with Gasteiger partial charge in [-0.25, -0.2) is 4.99 Å². The quantitative estimate of drug-likeness (QED) is 0.692. The Bertz CT molecular complexity index is 407. The van der Waals surface area contributed by atoms with Gasteiger partial charge in [0.2, 0.25) is 0 Å². The van der Waals surface area contributed by atoms with Crippen LogP contribution < -0.4 is 0 Å². The van der Waals surface area contributed by atoms with Gasteiger partial charge >= 0.3 is 0 Å². The highest BCUT2D eigenvalue weighted by atomic mass is 35.5. The Morgan fingerprint density at radius 2 is 2.07 bits per heavy atom. The van der Waals surface area contributed by atoms with Gasteiger partial charge < -0.3 is 4.74 Å². The van der Waals surface area contributed by atoms with Crippen molar-refractivity contribution in [3.63, 3.8) is 0 Å². The lowest BCUT2D eigenvalue weighted by Gasteiger charge is -2.30. The molecule has 0 radical (unpaired) electrons. The van der Waals surface area contributed by atoms with E-state index in [4.69, 9.17) is 27.9 Å². The van der Waals surface area contributed by atoms with Gasteiger partial charge in [-0.1, -0.05) is 30.1 Å². The topological polar surface area (TPSA) is 21.6 Å². The van der Waals surface area contributed by atoms with Crippen molar-refractivity contribution in [1.29, 1.82) is 0 Å². The number of nitrogens with zero attached hydrogens (tertiary/aromatic N) is 1. The van der Waals surface area contributed by atoms with Crippen LogP contribution >= 0.6 is 23.2 Å². The van der Waals surface area contributed by atoms with E-state index >= 15 is 0 Å². The molecular formula is C11H11Cl2NO. The third-order valence-corrected chi connectivity index (χ3v) is 3.25. The number of methoxy groups -OCH3 is 1. The van der Waals surface area contributed by atoms with E-state index in [-0.39, 0.29) is 11.8 Å². The normalized spacial score (nSPS) is 29.6. The molecule has 0 aromatic carbocycles. The van der Waals surface area contributed by atoms with E-state index in [2.05, 4.69) is 11.9 Å². The van der Waals surface area contributed by atoms with Crippen LogP contribution in [0.5, 0.6) is 0 Å². The highest BCUT2D eigenvalue weighted by Crippen LogP contribution is 2.41. The van der Waals surface area contributed by atoms with Gasteiger partial charge in [0.05, 0.1) is 18.6 Å². The molecule has 0 aromatic heterocycles. The summed E-state index contributed by atoms with van der Waals surface area (Å²) >= 11 is 12.0. The Morgan fingerprint density at radius 3 is 2.73 bits per heavy atom. The zero-order chi connectivity index (χ0) is 11.0. The molecule has 2 nitrogen and oxygen atoms in total. The average molecular weight is 244 g/mol. The molecule has 0 spiro atoms. The van der Waals surface area contributed by atoms with Gasteiger partial charge in [-0.05, 0) is 18.2 Å². The van der Waals surface area contributed by atoms with Crippen molar-refractivity contribution in [2.75, 3.05) is 7.11 Å². The molecule has 1 heterocycles. The van der Waals surface area contributed by atoms with E-state index in [9.17, 15) is 0 Å². The summed E-state index contributed by atoms with van der Waals surface area (Å²) in [7, 11) is 1.66. The van der Waals surface area contributed by atoms with Gasteiger partial charge in [-0.2, -0.15) is 0 Å². The SMILES string of the molecule is COC1=CC=C2N=C(Cl)C=C(Cl)C2C1C. The highest BCUT2D eigenvalue weighted by Gasteiger charge is 2.32. The molecule has 2 aliphatic rings. The number of rotatable bonds is 1. The van der Waals surface area contributed by atoms with Crippen LogP contribution in [0.3, 0.4) is 0 Å². The van der Waals surface area contributed by atoms with Crippen molar-refractivity contribution in [3.8, 4) is 0 Å². The molecule has 0 fully saturated rings. The molecule has 0 saturated carbocycles. The monoisotopic (exact) mass is 243 g/mol. The first-order chi connectivity index (χ1) is 7.13. The lowest BCUT2D eigenvalue weighted by Crippen LogP contribution is -2.22. The zero-order valence-corrected chi connectivity index (χ0v) is 10.0. The van der Waals surface area contributed by atoms with Crippen LogP contribution in [0.4, 0.5) is 0 Å². The van der Waals surface area contributed by atoms with Crippen molar-refractivity contribution in [2.45, 2.75) is 6.92 Å². The molecule has 2 unspecified atom stereocenters. The Labute approximate surface area is 98.9 Å².